The molecule has 1 N–H and O–H groups in total. The molecule has 1 heterocycles. The number of nitrogens with zero attached hydrogens (tertiary/aromatic N) is 2. The van der Waals surface area contributed by atoms with Gasteiger partial charge < -0.3 is 24.6 Å². The van der Waals surface area contributed by atoms with Gasteiger partial charge in [0.1, 0.15) is 11.5 Å². The zero-order valence-electron chi connectivity index (χ0n) is 18.5. The number of ether oxygens (including phenoxy) is 2. The van der Waals surface area contributed by atoms with Crippen LogP contribution in [0.15, 0.2) is 42.5 Å². The lowest BCUT2D eigenvalue weighted by Gasteiger charge is -2.29. The van der Waals surface area contributed by atoms with E-state index in [2.05, 4.69) is 11.4 Å². The van der Waals surface area contributed by atoms with E-state index in [4.69, 9.17) is 9.47 Å². The second-order valence-corrected chi connectivity index (χ2v) is 7.70. The van der Waals surface area contributed by atoms with Crippen LogP contribution in [-0.4, -0.2) is 68.6 Å². The highest BCUT2D eigenvalue weighted by Crippen LogP contribution is 2.24. The van der Waals surface area contributed by atoms with Crippen molar-refractivity contribution in [3.63, 3.8) is 0 Å². The predicted molar refractivity (Wildman–Crippen MR) is 120 cm³/mol. The van der Waals surface area contributed by atoms with Gasteiger partial charge in [0.2, 0.25) is 5.91 Å². The zero-order chi connectivity index (χ0) is 22.2. The fourth-order valence-corrected chi connectivity index (χ4v) is 3.70. The number of nitrogens with one attached hydrogen (secondary N) is 1. The molecule has 31 heavy (non-hydrogen) atoms. The van der Waals surface area contributed by atoms with Crippen LogP contribution in [0.1, 0.15) is 27.9 Å². The molecule has 1 fully saturated rings. The smallest absolute Gasteiger partial charge is 0.254 e. The van der Waals surface area contributed by atoms with Gasteiger partial charge in [0.05, 0.1) is 14.2 Å². The van der Waals surface area contributed by atoms with Crippen LogP contribution in [0.2, 0.25) is 0 Å². The monoisotopic (exact) mass is 425 g/mol. The quantitative estimate of drug-likeness (QED) is 0.704. The number of methoxy groups -OCH3 is 2. The molecule has 7 nitrogen and oxygen atoms in total. The highest BCUT2D eigenvalue weighted by molar-refractivity contribution is 5.95. The van der Waals surface area contributed by atoms with Gasteiger partial charge >= 0.3 is 0 Å². The van der Waals surface area contributed by atoms with E-state index in [1.165, 1.54) is 0 Å². The molecule has 3 rings (SSSR count). The van der Waals surface area contributed by atoms with Crippen LogP contribution < -0.4 is 14.8 Å². The first-order chi connectivity index (χ1) is 15.0. The van der Waals surface area contributed by atoms with Gasteiger partial charge in [-0.1, -0.05) is 29.8 Å². The molecular formula is C24H31N3O4. The Bertz CT molecular complexity index is 887. The van der Waals surface area contributed by atoms with Crippen LogP contribution in [0.3, 0.4) is 0 Å². The third kappa shape index (κ3) is 6.21. The Hall–Kier alpha value is -3.06. The van der Waals surface area contributed by atoms with E-state index in [9.17, 15) is 9.59 Å². The lowest BCUT2D eigenvalue weighted by atomic mass is 10.1. The van der Waals surface area contributed by atoms with Crippen molar-refractivity contribution < 1.29 is 19.1 Å². The molecule has 0 unspecified atom stereocenters. The maximum atomic E-state index is 13.4. The first-order valence-corrected chi connectivity index (χ1v) is 10.6. The molecule has 7 heteroatoms. The van der Waals surface area contributed by atoms with Crippen LogP contribution in [0.5, 0.6) is 11.5 Å². The second kappa shape index (κ2) is 10.8. The van der Waals surface area contributed by atoms with Gasteiger partial charge in [-0.25, -0.2) is 0 Å². The van der Waals surface area contributed by atoms with Crippen molar-refractivity contribution in [2.45, 2.75) is 19.9 Å². The van der Waals surface area contributed by atoms with Crippen molar-refractivity contribution in [1.29, 1.82) is 0 Å². The second-order valence-electron chi connectivity index (χ2n) is 7.70. The van der Waals surface area contributed by atoms with Gasteiger partial charge in [-0.15, -0.1) is 0 Å². The van der Waals surface area contributed by atoms with Crippen LogP contribution in [-0.2, 0) is 11.3 Å². The number of hydrogen-bond donors (Lipinski definition) is 1. The van der Waals surface area contributed by atoms with Crippen molar-refractivity contribution in [2.24, 2.45) is 0 Å². The van der Waals surface area contributed by atoms with Gasteiger partial charge in [0.15, 0.2) is 0 Å². The van der Waals surface area contributed by atoms with Crippen LogP contribution in [0.4, 0.5) is 0 Å². The van der Waals surface area contributed by atoms with Crippen LogP contribution >= 0.6 is 0 Å². The summed E-state index contributed by atoms with van der Waals surface area (Å²) in [6.45, 7) is 5.82. The molecule has 0 aliphatic carbocycles. The van der Waals surface area contributed by atoms with E-state index >= 15 is 0 Å². The number of carbonyl (C=O) groups is 2. The molecule has 1 saturated heterocycles. The van der Waals surface area contributed by atoms with E-state index in [1.807, 2.05) is 30.0 Å². The average molecular weight is 426 g/mol. The van der Waals surface area contributed by atoms with Crippen LogP contribution in [0.25, 0.3) is 0 Å². The van der Waals surface area contributed by atoms with Gasteiger partial charge in [0, 0.05) is 57.3 Å². The topological polar surface area (TPSA) is 71.1 Å². The van der Waals surface area contributed by atoms with Gasteiger partial charge in [-0.2, -0.15) is 0 Å². The Kier molecular flexibility index (Phi) is 7.89. The van der Waals surface area contributed by atoms with E-state index in [0.29, 0.717) is 49.7 Å². The predicted octanol–water partition coefficient (Wildman–Crippen LogP) is 2.48. The number of benzene rings is 2. The van der Waals surface area contributed by atoms with E-state index in [0.717, 1.165) is 24.2 Å². The number of amides is 2. The normalized spacial score (nSPS) is 13.6. The van der Waals surface area contributed by atoms with Crippen molar-refractivity contribution in [1.82, 2.24) is 15.1 Å². The maximum Gasteiger partial charge on any atom is 0.254 e. The fourth-order valence-electron chi connectivity index (χ4n) is 3.70. The first-order valence-electron chi connectivity index (χ1n) is 10.6. The Morgan fingerprint density at radius 2 is 1.71 bits per heavy atom. The fraction of sp³-hybridized carbons (Fsp3) is 0.417. The molecule has 1 aliphatic rings. The third-order valence-corrected chi connectivity index (χ3v) is 5.41. The first kappa shape index (κ1) is 22.6. The molecule has 2 aromatic rings. The van der Waals surface area contributed by atoms with Gasteiger partial charge in [-0.05, 0) is 24.6 Å². The van der Waals surface area contributed by atoms with Crippen molar-refractivity contribution in [2.75, 3.05) is 46.9 Å². The van der Waals surface area contributed by atoms with Crippen LogP contribution in [0, 0.1) is 6.92 Å². The molecule has 0 bridgehead atoms. The Morgan fingerprint density at radius 3 is 2.32 bits per heavy atom. The maximum absolute atomic E-state index is 13.4. The summed E-state index contributed by atoms with van der Waals surface area (Å²) in [4.78, 5) is 29.7. The summed E-state index contributed by atoms with van der Waals surface area (Å²) in [5.41, 5.74) is 2.63. The number of carbonyl (C=O) groups excluding carboxylic acids is 2. The Balaban J connectivity index is 1.80. The van der Waals surface area contributed by atoms with Crippen molar-refractivity contribution in [3.05, 3.63) is 59.2 Å². The average Bonchev–Trinajstić information content (AvgIpc) is 2.81. The molecule has 0 atom stereocenters. The molecule has 0 aromatic heterocycles. The molecule has 0 radical (unpaired) electrons. The minimum Gasteiger partial charge on any atom is -0.497 e. The minimum absolute atomic E-state index is 0.0757. The largest absolute Gasteiger partial charge is 0.497 e. The molecule has 2 aromatic carbocycles. The molecule has 1 aliphatic heterocycles. The molecule has 2 amide bonds. The SMILES string of the molecule is COc1cc(OC)cc(C(=O)N(CCC(=O)N2CCNCC2)Cc2cccc(C)c2)c1. The molecule has 0 saturated carbocycles. The Morgan fingerprint density at radius 1 is 1.03 bits per heavy atom. The Labute approximate surface area is 183 Å². The molecular weight excluding hydrogens is 394 g/mol. The summed E-state index contributed by atoms with van der Waals surface area (Å²) in [5.74, 6) is 1.02. The number of piperazine rings is 1. The summed E-state index contributed by atoms with van der Waals surface area (Å²) in [6, 6.07) is 13.2. The number of hydrogen-bond acceptors (Lipinski definition) is 5. The van der Waals surface area contributed by atoms with Crippen molar-refractivity contribution in [3.8, 4) is 11.5 Å². The lowest BCUT2D eigenvalue weighted by Crippen LogP contribution is -2.47. The van der Waals surface area contributed by atoms with Gasteiger partial charge in [-0.3, -0.25) is 9.59 Å². The summed E-state index contributed by atoms with van der Waals surface area (Å²) < 4.78 is 10.6. The lowest BCUT2D eigenvalue weighted by molar-refractivity contribution is -0.132. The number of rotatable bonds is 8. The third-order valence-electron chi connectivity index (χ3n) is 5.41. The van der Waals surface area contributed by atoms with E-state index in [1.54, 1.807) is 37.3 Å². The summed E-state index contributed by atoms with van der Waals surface area (Å²) >= 11 is 0. The highest BCUT2D eigenvalue weighted by atomic mass is 16.5. The summed E-state index contributed by atoms with van der Waals surface area (Å²) in [6.07, 6.45) is 0.290. The van der Waals surface area contributed by atoms with E-state index in [-0.39, 0.29) is 11.8 Å². The zero-order valence-corrected chi connectivity index (χ0v) is 18.5. The van der Waals surface area contributed by atoms with Gasteiger partial charge in [0.25, 0.3) is 5.91 Å². The van der Waals surface area contributed by atoms with E-state index < -0.39 is 0 Å². The summed E-state index contributed by atoms with van der Waals surface area (Å²) in [5, 5.41) is 3.25. The molecule has 0 spiro atoms. The number of aryl methyl sites for hydroxylation is 1. The minimum atomic E-state index is -0.160. The van der Waals surface area contributed by atoms with Crippen molar-refractivity contribution >= 4 is 11.8 Å². The standard InChI is InChI=1S/C24H31N3O4/c1-18-5-4-6-19(13-18)17-27(10-7-23(28)26-11-8-25-9-12-26)24(29)20-14-21(30-2)16-22(15-20)31-3/h4-6,13-16,25H,7-12,17H2,1-3H3. The summed E-state index contributed by atoms with van der Waals surface area (Å²) in [7, 11) is 3.11. The highest BCUT2D eigenvalue weighted by Gasteiger charge is 2.22. The molecule has 166 valence electrons.